The maximum Gasteiger partial charge on any atom is 0.230 e. The van der Waals surface area contributed by atoms with Gasteiger partial charge in [-0.15, -0.1) is 0 Å². The van der Waals surface area contributed by atoms with Crippen molar-refractivity contribution in [2.24, 2.45) is 0 Å². The van der Waals surface area contributed by atoms with Crippen LogP contribution in [-0.2, 0) is 9.53 Å². The Morgan fingerprint density at radius 2 is 2.17 bits per heavy atom. The molecule has 0 spiro atoms. The maximum absolute atomic E-state index is 12.1. The molecule has 0 saturated carbocycles. The van der Waals surface area contributed by atoms with Gasteiger partial charge in [-0.05, 0) is 56.4 Å². The molecule has 128 valence electrons. The van der Waals surface area contributed by atoms with Gasteiger partial charge in [0.25, 0.3) is 0 Å². The number of nitrogens with one attached hydrogen (secondary N) is 1. The van der Waals surface area contributed by atoms with E-state index in [1.165, 1.54) is 22.9 Å². The van der Waals surface area contributed by atoms with Crippen LogP contribution < -0.4 is 5.32 Å². The van der Waals surface area contributed by atoms with Crippen molar-refractivity contribution < 1.29 is 9.53 Å². The zero-order valence-corrected chi connectivity index (χ0v) is 15.3. The third-order valence-corrected chi connectivity index (χ3v) is 5.64. The molecule has 1 atom stereocenters. The van der Waals surface area contributed by atoms with Crippen molar-refractivity contribution in [1.29, 1.82) is 0 Å². The molecule has 0 unspecified atom stereocenters. The quantitative estimate of drug-likeness (QED) is 0.843. The summed E-state index contributed by atoms with van der Waals surface area (Å²) in [5.74, 6) is 0.425. The maximum atomic E-state index is 12.1. The summed E-state index contributed by atoms with van der Waals surface area (Å²) in [4.78, 5) is 16.9. The number of ether oxygens (including phenoxy) is 1. The van der Waals surface area contributed by atoms with E-state index in [-0.39, 0.29) is 12.0 Å². The van der Waals surface area contributed by atoms with Crippen molar-refractivity contribution in [1.82, 2.24) is 10.3 Å². The molecule has 1 aliphatic rings. The molecule has 5 heteroatoms. The first-order chi connectivity index (χ1) is 11.5. The molecule has 2 aromatic rings. The highest BCUT2D eigenvalue weighted by Gasteiger charge is 2.16. The molecular weight excluding hydrogens is 320 g/mol. The van der Waals surface area contributed by atoms with E-state index in [0.717, 1.165) is 40.9 Å². The van der Waals surface area contributed by atoms with Gasteiger partial charge >= 0.3 is 0 Å². The fourth-order valence-corrected chi connectivity index (χ4v) is 3.75. The third-order valence-electron chi connectivity index (χ3n) is 4.55. The summed E-state index contributed by atoms with van der Waals surface area (Å²) in [6.45, 7) is 7.68. The molecule has 0 radical (unpaired) electrons. The molecule has 0 bridgehead atoms. The average Bonchev–Trinajstić information content (AvgIpc) is 3.08. The SMILES string of the molecule is Cc1cc2ccc(C)c(C)c2nc1SCC(=O)NC[C@H]1CCCO1. The van der Waals surface area contributed by atoms with Crippen LogP contribution in [0.3, 0.4) is 0 Å². The first kappa shape index (κ1) is 17.2. The molecule has 24 heavy (non-hydrogen) atoms. The minimum Gasteiger partial charge on any atom is -0.376 e. The monoisotopic (exact) mass is 344 g/mol. The van der Waals surface area contributed by atoms with Crippen molar-refractivity contribution in [2.45, 2.75) is 44.7 Å². The van der Waals surface area contributed by atoms with E-state index in [0.29, 0.717) is 12.3 Å². The van der Waals surface area contributed by atoms with Crippen LogP contribution in [0.25, 0.3) is 10.9 Å². The minimum absolute atomic E-state index is 0.0396. The molecule has 1 aromatic carbocycles. The van der Waals surface area contributed by atoms with Crippen LogP contribution >= 0.6 is 11.8 Å². The molecule has 1 saturated heterocycles. The highest BCUT2D eigenvalue weighted by atomic mass is 32.2. The molecule has 0 aliphatic carbocycles. The number of thioether (sulfide) groups is 1. The number of nitrogens with zero attached hydrogens (tertiary/aromatic N) is 1. The van der Waals surface area contributed by atoms with Gasteiger partial charge in [0.2, 0.25) is 5.91 Å². The lowest BCUT2D eigenvalue weighted by atomic mass is 10.0. The molecule has 4 nitrogen and oxygen atoms in total. The smallest absolute Gasteiger partial charge is 0.230 e. The number of rotatable bonds is 5. The van der Waals surface area contributed by atoms with Gasteiger partial charge < -0.3 is 10.1 Å². The largest absolute Gasteiger partial charge is 0.376 e. The first-order valence-electron chi connectivity index (χ1n) is 8.43. The Hall–Kier alpha value is -1.59. The van der Waals surface area contributed by atoms with E-state index in [9.17, 15) is 4.79 Å². The number of hydrogen-bond acceptors (Lipinski definition) is 4. The van der Waals surface area contributed by atoms with E-state index in [1.807, 2.05) is 6.92 Å². The zero-order chi connectivity index (χ0) is 17.1. The second-order valence-electron chi connectivity index (χ2n) is 6.42. The number of fused-ring (bicyclic) bond motifs is 1. The van der Waals surface area contributed by atoms with Gasteiger partial charge in [-0.3, -0.25) is 4.79 Å². The van der Waals surface area contributed by atoms with Gasteiger partial charge in [-0.1, -0.05) is 23.9 Å². The number of carbonyl (C=O) groups excluding carboxylic acids is 1. The van der Waals surface area contributed by atoms with E-state index in [2.05, 4.69) is 37.4 Å². The van der Waals surface area contributed by atoms with E-state index in [1.54, 1.807) is 0 Å². The first-order valence-corrected chi connectivity index (χ1v) is 9.42. The summed E-state index contributed by atoms with van der Waals surface area (Å²) < 4.78 is 5.52. The Kier molecular flexibility index (Phi) is 5.41. The Morgan fingerprint density at radius 3 is 2.92 bits per heavy atom. The van der Waals surface area contributed by atoms with Gasteiger partial charge in [-0.25, -0.2) is 4.98 Å². The summed E-state index contributed by atoms with van der Waals surface area (Å²) in [6, 6.07) is 6.39. The van der Waals surface area contributed by atoms with Crippen molar-refractivity contribution in [2.75, 3.05) is 18.9 Å². The second kappa shape index (κ2) is 7.53. The van der Waals surface area contributed by atoms with Crippen LogP contribution in [0.4, 0.5) is 0 Å². The lowest BCUT2D eigenvalue weighted by Gasteiger charge is -2.12. The molecule has 2 heterocycles. The fraction of sp³-hybridized carbons (Fsp3) is 0.474. The van der Waals surface area contributed by atoms with Gasteiger partial charge in [0.1, 0.15) is 5.03 Å². The molecular formula is C19H24N2O2S. The van der Waals surface area contributed by atoms with Crippen LogP contribution in [0.2, 0.25) is 0 Å². The van der Waals surface area contributed by atoms with Gasteiger partial charge in [-0.2, -0.15) is 0 Å². The highest BCUT2D eigenvalue weighted by molar-refractivity contribution is 7.99. The average molecular weight is 344 g/mol. The number of amides is 1. The van der Waals surface area contributed by atoms with Crippen LogP contribution in [0.15, 0.2) is 23.2 Å². The minimum atomic E-state index is 0.0396. The molecule has 1 aromatic heterocycles. The lowest BCUT2D eigenvalue weighted by molar-refractivity contribution is -0.119. The molecule has 1 aliphatic heterocycles. The number of carbonyl (C=O) groups is 1. The van der Waals surface area contributed by atoms with Crippen molar-refractivity contribution in [3.8, 4) is 0 Å². The standard InChI is InChI=1S/C19H24N2O2S/c1-12-6-7-15-9-13(2)19(21-18(15)14(12)3)24-11-17(22)20-10-16-5-4-8-23-16/h6-7,9,16H,4-5,8,10-11H2,1-3H3,(H,20,22)/t16-/m1/s1. The van der Waals surface area contributed by atoms with Crippen molar-refractivity contribution in [3.63, 3.8) is 0 Å². The Morgan fingerprint density at radius 1 is 1.33 bits per heavy atom. The van der Waals surface area contributed by atoms with Crippen LogP contribution in [-0.4, -0.2) is 35.9 Å². The van der Waals surface area contributed by atoms with Gasteiger partial charge in [0.15, 0.2) is 0 Å². The number of aromatic nitrogens is 1. The lowest BCUT2D eigenvalue weighted by Crippen LogP contribution is -2.32. The summed E-state index contributed by atoms with van der Waals surface area (Å²) in [5, 5.41) is 5.05. The van der Waals surface area contributed by atoms with Gasteiger partial charge in [0.05, 0.1) is 17.4 Å². The van der Waals surface area contributed by atoms with Crippen LogP contribution in [0.5, 0.6) is 0 Å². The normalized spacial score (nSPS) is 17.4. The number of aryl methyl sites for hydroxylation is 3. The summed E-state index contributed by atoms with van der Waals surface area (Å²) >= 11 is 1.50. The van der Waals surface area contributed by atoms with Crippen LogP contribution in [0.1, 0.15) is 29.5 Å². The predicted molar refractivity (Wildman–Crippen MR) is 98.7 cm³/mol. The molecule has 1 N–H and O–H groups in total. The zero-order valence-electron chi connectivity index (χ0n) is 14.5. The Bertz CT molecular complexity index is 755. The summed E-state index contributed by atoms with van der Waals surface area (Å²) in [6.07, 6.45) is 2.32. The summed E-state index contributed by atoms with van der Waals surface area (Å²) in [5.41, 5.74) is 4.59. The van der Waals surface area contributed by atoms with E-state index >= 15 is 0 Å². The topological polar surface area (TPSA) is 51.2 Å². The Balaban J connectivity index is 1.64. The third kappa shape index (κ3) is 3.90. The fourth-order valence-electron chi connectivity index (χ4n) is 2.94. The van der Waals surface area contributed by atoms with E-state index < -0.39 is 0 Å². The number of hydrogen-bond donors (Lipinski definition) is 1. The van der Waals surface area contributed by atoms with Crippen LogP contribution in [0, 0.1) is 20.8 Å². The predicted octanol–water partition coefficient (Wildman–Crippen LogP) is 3.55. The number of benzene rings is 1. The van der Waals surface area contributed by atoms with Crippen molar-refractivity contribution in [3.05, 3.63) is 34.9 Å². The highest BCUT2D eigenvalue weighted by Crippen LogP contribution is 2.27. The molecule has 1 amide bonds. The summed E-state index contributed by atoms with van der Waals surface area (Å²) in [7, 11) is 0. The molecule has 1 fully saturated rings. The van der Waals surface area contributed by atoms with Gasteiger partial charge in [0, 0.05) is 18.5 Å². The number of pyridine rings is 1. The van der Waals surface area contributed by atoms with E-state index in [4.69, 9.17) is 9.72 Å². The second-order valence-corrected chi connectivity index (χ2v) is 7.38. The Labute approximate surface area is 147 Å². The van der Waals surface area contributed by atoms with Crippen molar-refractivity contribution >= 4 is 28.6 Å². The molecule has 3 rings (SSSR count).